The number of halogens is 3. The molecule has 11 nitrogen and oxygen atoms in total. The number of aliphatic hydroxyl groups excluding tert-OH is 1. The Balaban J connectivity index is 1.38. The maximum atomic E-state index is 14.4. The molecule has 0 fully saturated rings. The van der Waals surface area contributed by atoms with Crippen LogP contribution < -0.4 is 15.4 Å². The zero-order chi connectivity index (χ0) is 28.6. The average Bonchev–Trinajstić information content (AvgIpc) is 3.44. The molecule has 2 aromatic heterocycles. The summed E-state index contributed by atoms with van der Waals surface area (Å²) in [7, 11) is 0. The van der Waals surface area contributed by atoms with E-state index < -0.39 is 48.0 Å². The summed E-state index contributed by atoms with van der Waals surface area (Å²) in [5.41, 5.74) is 0.545. The molecule has 206 valence electrons. The van der Waals surface area contributed by atoms with Crippen molar-refractivity contribution in [2.24, 2.45) is 0 Å². The zero-order valence-electron chi connectivity index (χ0n) is 20.3. The molecule has 0 saturated heterocycles. The van der Waals surface area contributed by atoms with E-state index in [0.717, 1.165) is 16.8 Å². The van der Waals surface area contributed by atoms with Gasteiger partial charge in [0, 0.05) is 19.0 Å². The maximum absolute atomic E-state index is 14.4. The third kappa shape index (κ3) is 5.29. The number of aliphatic hydroxyl groups is 1. The molecule has 2 atom stereocenters. The van der Waals surface area contributed by atoms with Gasteiger partial charge in [0.05, 0.1) is 23.9 Å². The predicted molar refractivity (Wildman–Crippen MR) is 131 cm³/mol. The maximum Gasteiger partial charge on any atom is 0.387 e. The van der Waals surface area contributed by atoms with Crippen molar-refractivity contribution >= 4 is 23.4 Å². The minimum Gasteiger partial charge on any atom is -0.478 e. The molecule has 4 N–H and O–H groups in total. The Morgan fingerprint density at radius 3 is 2.67 bits per heavy atom. The lowest BCUT2D eigenvalue weighted by Gasteiger charge is -2.18. The Bertz CT molecular complexity index is 1640. The second kappa shape index (κ2) is 10.6. The van der Waals surface area contributed by atoms with E-state index in [9.17, 15) is 37.8 Å². The van der Waals surface area contributed by atoms with Crippen LogP contribution in [0.2, 0.25) is 0 Å². The summed E-state index contributed by atoms with van der Waals surface area (Å²) < 4.78 is 44.6. The number of hydrogen-bond acceptors (Lipinski definition) is 7. The number of alkyl halides is 2. The number of carboxylic acid groups (broad SMARTS) is 1. The van der Waals surface area contributed by atoms with E-state index in [4.69, 9.17) is 0 Å². The number of hydrogen-bond donors (Lipinski definition) is 4. The fourth-order valence-electron chi connectivity index (χ4n) is 4.48. The largest absolute Gasteiger partial charge is 0.478 e. The highest BCUT2D eigenvalue weighted by molar-refractivity contribution is 5.98. The van der Waals surface area contributed by atoms with Crippen molar-refractivity contribution < 1.29 is 42.5 Å². The summed E-state index contributed by atoms with van der Waals surface area (Å²) >= 11 is 0. The molecule has 0 bridgehead atoms. The third-order valence-electron chi connectivity index (χ3n) is 6.30. The average molecular weight is 555 g/mol. The van der Waals surface area contributed by atoms with Crippen LogP contribution in [0, 0.1) is 5.82 Å². The summed E-state index contributed by atoms with van der Waals surface area (Å²) in [6.45, 7) is -3.13. The van der Waals surface area contributed by atoms with E-state index in [1.807, 2.05) is 0 Å². The van der Waals surface area contributed by atoms with Gasteiger partial charge in [0.1, 0.15) is 17.1 Å². The van der Waals surface area contributed by atoms with Crippen molar-refractivity contribution in [2.75, 3.05) is 0 Å². The number of nitrogens with one attached hydrogen (secondary N) is 2. The molecular formula is C26H20F3N5O6. The van der Waals surface area contributed by atoms with Crippen LogP contribution in [-0.2, 0) is 13.0 Å². The van der Waals surface area contributed by atoms with Gasteiger partial charge in [-0.3, -0.25) is 9.59 Å². The lowest BCUT2D eigenvalue weighted by molar-refractivity contribution is -0.0499. The molecule has 0 saturated carbocycles. The van der Waals surface area contributed by atoms with Crippen LogP contribution in [0.25, 0.3) is 5.65 Å². The molecule has 2 amide bonds. The molecule has 0 unspecified atom stereocenters. The summed E-state index contributed by atoms with van der Waals surface area (Å²) in [6, 6.07) is 10.1. The van der Waals surface area contributed by atoms with Gasteiger partial charge >= 0.3 is 12.6 Å². The molecule has 14 heteroatoms. The number of carboxylic acids is 1. The summed E-state index contributed by atoms with van der Waals surface area (Å²) in [6.07, 6.45) is -0.147. The molecule has 40 heavy (non-hydrogen) atoms. The lowest BCUT2D eigenvalue weighted by Crippen LogP contribution is -2.35. The topological polar surface area (TPSA) is 155 Å². The summed E-state index contributed by atoms with van der Waals surface area (Å²) in [5, 5.41) is 28.8. The van der Waals surface area contributed by atoms with Crippen LogP contribution in [0.3, 0.4) is 0 Å². The molecule has 1 aliphatic carbocycles. The first-order valence-electron chi connectivity index (χ1n) is 11.8. The van der Waals surface area contributed by atoms with E-state index in [2.05, 4.69) is 25.5 Å². The van der Waals surface area contributed by atoms with Crippen LogP contribution in [-0.4, -0.2) is 55.3 Å². The van der Waals surface area contributed by atoms with Gasteiger partial charge in [0.2, 0.25) is 0 Å². The Morgan fingerprint density at radius 2 is 1.93 bits per heavy atom. The van der Waals surface area contributed by atoms with Gasteiger partial charge in [0.15, 0.2) is 11.5 Å². The highest BCUT2D eigenvalue weighted by atomic mass is 19.3. The first-order valence-corrected chi connectivity index (χ1v) is 11.8. The molecule has 2 heterocycles. The van der Waals surface area contributed by atoms with Crippen molar-refractivity contribution in [3.05, 3.63) is 94.2 Å². The molecule has 0 spiro atoms. The monoisotopic (exact) mass is 555 g/mol. The fourth-order valence-corrected chi connectivity index (χ4v) is 4.48. The molecule has 0 radical (unpaired) electrons. The van der Waals surface area contributed by atoms with Crippen LogP contribution in [0.1, 0.15) is 54.1 Å². The number of rotatable bonds is 8. The molecule has 4 aromatic rings. The minimum absolute atomic E-state index is 0.0321. The second-order valence-electron chi connectivity index (χ2n) is 8.90. The van der Waals surface area contributed by atoms with Crippen molar-refractivity contribution in [2.45, 2.75) is 31.7 Å². The van der Waals surface area contributed by atoms with E-state index in [1.165, 1.54) is 36.4 Å². The Morgan fingerprint density at radius 1 is 1.12 bits per heavy atom. The van der Waals surface area contributed by atoms with Gasteiger partial charge in [-0.2, -0.15) is 13.9 Å². The molecule has 1 aliphatic rings. The lowest BCUT2D eigenvalue weighted by atomic mass is 10.0. The SMILES string of the molecule is O=C(O)c1ccc2c(c1)C[C@H](O)[C@@H]2NC(=O)c1cc(C(=O)NCc2cccc(OC(F)F)c2)nc2c(F)cnn12. The molecule has 2 aromatic carbocycles. The van der Waals surface area contributed by atoms with E-state index in [-0.39, 0.29) is 35.7 Å². The standard InChI is InChI=1S/C26H20F3N5O6/c27-17-11-31-34-19(24(37)33-21-16-5-4-13(25(38)39)7-14(16)8-20(21)35)9-18(32-22(17)34)23(36)30-10-12-2-1-3-15(6-12)40-26(28)29/h1-7,9,11,20-21,26,35H,8,10H2,(H,30,36)(H,33,37)(H,38,39)/t20-,21+/m0/s1. The molecule has 5 rings (SSSR count). The Labute approximate surface area is 223 Å². The van der Waals surface area contributed by atoms with Crippen molar-refractivity contribution in [1.29, 1.82) is 0 Å². The van der Waals surface area contributed by atoms with Crippen LogP contribution >= 0.6 is 0 Å². The normalized spacial score (nSPS) is 16.1. The smallest absolute Gasteiger partial charge is 0.387 e. The highest BCUT2D eigenvalue weighted by Gasteiger charge is 2.34. The van der Waals surface area contributed by atoms with Crippen molar-refractivity contribution in [1.82, 2.24) is 25.2 Å². The van der Waals surface area contributed by atoms with E-state index >= 15 is 0 Å². The van der Waals surface area contributed by atoms with E-state index in [1.54, 1.807) is 6.07 Å². The number of fused-ring (bicyclic) bond motifs is 2. The van der Waals surface area contributed by atoms with Crippen LogP contribution in [0.4, 0.5) is 13.2 Å². The highest BCUT2D eigenvalue weighted by Crippen LogP contribution is 2.32. The van der Waals surface area contributed by atoms with Gasteiger partial charge < -0.3 is 25.6 Å². The van der Waals surface area contributed by atoms with Gasteiger partial charge in [-0.1, -0.05) is 18.2 Å². The number of amides is 2. The third-order valence-corrected chi connectivity index (χ3v) is 6.30. The Hall–Kier alpha value is -4.98. The quantitative estimate of drug-likeness (QED) is 0.259. The van der Waals surface area contributed by atoms with Gasteiger partial charge in [-0.05, 0) is 41.0 Å². The van der Waals surface area contributed by atoms with Crippen LogP contribution in [0.5, 0.6) is 5.75 Å². The first kappa shape index (κ1) is 26.6. The number of nitrogens with zero attached hydrogens (tertiary/aromatic N) is 3. The molecule has 0 aliphatic heterocycles. The van der Waals surface area contributed by atoms with Gasteiger partial charge in [0.25, 0.3) is 11.8 Å². The number of ether oxygens (including phenoxy) is 1. The number of carbonyl (C=O) groups is 3. The minimum atomic E-state index is -3.02. The zero-order valence-corrected chi connectivity index (χ0v) is 20.3. The van der Waals surface area contributed by atoms with Crippen molar-refractivity contribution in [3.8, 4) is 5.75 Å². The van der Waals surface area contributed by atoms with Crippen LogP contribution in [0.15, 0.2) is 54.7 Å². The molecular weight excluding hydrogens is 535 g/mol. The summed E-state index contributed by atoms with van der Waals surface area (Å²) in [5.74, 6) is -3.72. The second-order valence-corrected chi connectivity index (χ2v) is 8.90. The number of aromatic carboxylic acids is 1. The van der Waals surface area contributed by atoms with Crippen molar-refractivity contribution in [3.63, 3.8) is 0 Å². The van der Waals surface area contributed by atoms with Gasteiger partial charge in [-0.25, -0.2) is 18.7 Å². The first-order chi connectivity index (χ1) is 19.1. The number of benzene rings is 2. The summed E-state index contributed by atoms with van der Waals surface area (Å²) in [4.78, 5) is 41.4. The predicted octanol–water partition coefficient (Wildman–Crippen LogP) is 2.49. The Kier molecular flexibility index (Phi) is 7.09. The number of carbonyl (C=O) groups excluding carboxylic acids is 2. The van der Waals surface area contributed by atoms with Gasteiger partial charge in [-0.15, -0.1) is 0 Å². The number of aromatic nitrogens is 3. The van der Waals surface area contributed by atoms with E-state index in [0.29, 0.717) is 16.7 Å². The fraction of sp³-hybridized carbons (Fsp3) is 0.192.